The minimum Gasteiger partial charge on any atom is -0.488 e. The number of hydrogen-bond donors (Lipinski definition) is 1. The third-order valence-corrected chi connectivity index (χ3v) is 4.42. The van der Waals surface area contributed by atoms with E-state index in [1.165, 1.54) is 0 Å². The fraction of sp³-hybridized carbons (Fsp3) is 0.235. The molecule has 0 unspecified atom stereocenters. The minimum absolute atomic E-state index is 0.00424. The van der Waals surface area contributed by atoms with Crippen molar-refractivity contribution in [2.45, 2.75) is 18.9 Å². The van der Waals surface area contributed by atoms with E-state index in [4.69, 9.17) is 38.9 Å². The van der Waals surface area contributed by atoms with Crippen LogP contribution < -0.4 is 10.5 Å². The molecule has 2 N–H and O–H groups in total. The summed E-state index contributed by atoms with van der Waals surface area (Å²) in [5, 5.41) is 9.88. The first kappa shape index (κ1) is 15.2. The van der Waals surface area contributed by atoms with Gasteiger partial charge in [0.25, 0.3) is 0 Å². The average molecular weight is 333 g/mol. The minimum atomic E-state index is 0.00424. The number of nitriles is 1. The predicted molar refractivity (Wildman–Crippen MR) is 88.4 cm³/mol. The topological polar surface area (TPSA) is 59.0 Å². The number of rotatable bonds is 2. The van der Waals surface area contributed by atoms with Crippen molar-refractivity contribution in [2.75, 3.05) is 6.54 Å². The van der Waals surface area contributed by atoms with Gasteiger partial charge in [0.1, 0.15) is 11.9 Å². The van der Waals surface area contributed by atoms with Gasteiger partial charge in [-0.25, -0.2) is 0 Å². The summed E-state index contributed by atoms with van der Waals surface area (Å²) in [5.74, 6) is 0.790. The quantitative estimate of drug-likeness (QED) is 0.897. The van der Waals surface area contributed by atoms with Crippen LogP contribution in [0.3, 0.4) is 0 Å². The second-order valence-corrected chi connectivity index (χ2v) is 6.05. The van der Waals surface area contributed by atoms with E-state index in [-0.39, 0.29) is 6.10 Å². The molecule has 0 saturated carbocycles. The van der Waals surface area contributed by atoms with Crippen molar-refractivity contribution in [1.29, 1.82) is 5.26 Å². The highest BCUT2D eigenvalue weighted by molar-refractivity contribution is 6.39. The van der Waals surface area contributed by atoms with E-state index in [9.17, 15) is 0 Å². The van der Waals surface area contributed by atoms with Gasteiger partial charge < -0.3 is 10.5 Å². The van der Waals surface area contributed by atoms with E-state index in [0.29, 0.717) is 27.7 Å². The molecule has 1 atom stereocenters. The molecular weight excluding hydrogens is 319 g/mol. The zero-order valence-corrected chi connectivity index (χ0v) is 13.3. The number of halogens is 2. The molecule has 0 spiro atoms. The van der Waals surface area contributed by atoms with Crippen molar-refractivity contribution >= 4 is 23.2 Å². The zero-order valence-electron chi connectivity index (χ0n) is 11.8. The Balaban J connectivity index is 2.17. The number of benzene rings is 2. The van der Waals surface area contributed by atoms with E-state index >= 15 is 0 Å². The van der Waals surface area contributed by atoms with E-state index in [1.807, 2.05) is 24.3 Å². The van der Waals surface area contributed by atoms with Crippen LogP contribution in [0.15, 0.2) is 30.3 Å². The summed E-state index contributed by atoms with van der Waals surface area (Å²) in [5.41, 5.74) is 8.83. The Hall–Kier alpha value is -1.73. The number of ether oxygens (including phenoxy) is 1. The highest BCUT2D eigenvalue weighted by Crippen LogP contribution is 2.43. The standard InChI is InChI=1S/C17H14Cl2N2O/c18-14-6-10(8-20)7-15(19)16(14)13-3-1-2-11-4-5-12(9-21)22-17(11)13/h1-3,6-7,12H,4-5,9,21H2/t12-/m1/s1. The van der Waals surface area contributed by atoms with Gasteiger partial charge in [0.2, 0.25) is 0 Å². The lowest BCUT2D eigenvalue weighted by molar-refractivity contribution is 0.182. The van der Waals surface area contributed by atoms with Crippen LogP contribution in [-0.4, -0.2) is 12.6 Å². The summed E-state index contributed by atoms with van der Waals surface area (Å²) in [6.07, 6.45) is 1.82. The molecule has 0 aliphatic carbocycles. The fourth-order valence-electron chi connectivity index (χ4n) is 2.72. The molecular formula is C17H14Cl2N2O. The second-order valence-electron chi connectivity index (χ2n) is 5.23. The van der Waals surface area contributed by atoms with Gasteiger partial charge in [0, 0.05) is 17.7 Å². The van der Waals surface area contributed by atoms with Crippen molar-refractivity contribution in [1.82, 2.24) is 0 Å². The summed E-state index contributed by atoms with van der Waals surface area (Å²) in [4.78, 5) is 0. The van der Waals surface area contributed by atoms with Crippen LogP contribution in [0, 0.1) is 11.3 Å². The molecule has 0 saturated heterocycles. The van der Waals surface area contributed by atoms with Gasteiger partial charge in [0.05, 0.1) is 21.7 Å². The Morgan fingerprint density at radius 1 is 1.27 bits per heavy atom. The molecule has 0 bridgehead atoms. The summed E-state index contributed by atoms with van der Waals surface area (Å²) < 4.78 is 6.03. The normalized spacial score (nSPS) is 16.5. The maximum Gasteiger partial charge on any atom is 0.130 e. The molecule has 0 aromatic heterocycles. The van der Waals surface area contributed by atoms with Crippen LogP contribution in [0.25, 0.3) is 11.1 Å². The molecule has 3 rings (SSSR count). The number of nitrogens with zero attached hydrogens (tertiary/aromatic N) is 1. The van der Waals surface area contributed by atoms with Crippen molar-refractivity contribution in [3.05, 3.63) is 51.5 Å². The fourth-order valence-corrected chi connectivity index (χ4v) is 3.41. The molecule has 0 amide bonds. The van der Waals surface area contributed by atoms with Crippen LogP contribution in [-0.2, 0) is 6.42 Å². The lowest BCUT2D eigenvalue weighted by Gasteiger charge is -2.27. The van der Waals surface area contributed by atoms with Crippen LogP contribution in [0.4, 0.5) is 0 Å². The Morgan fingerprint density at radius 3 is 2.64 bits per heavy atom. The van der Waals surface area contributed by atoms with Crippen molar-refractivity contribution in [2.24, 2.45) is 5.73 Å². The smallest absolute Gasteiger partial charge is 0.130 e. The molecule has 3 nitrogen and oxygen atoms in total. The molecule has 1 aliphatic heterocycles. The largest absolute Gasteiger partial charge is 0.488 e. The number of hydrogen-bond acceptors (Lipinski definition) is 3. The molecule has 5 heteroatoms. The molecule has 1 heterocycles. The molecule has 2 aromatic carbocycles. The molecule has 2 aromatic rings. The summed E-state index contributed by atoms with van der Waals surface area (Å²) >= 11 is 12.7. The zero-order chi connectivity index (χ0) is 15.7. The van der Waals surface area contributed by atoms with Gasteiger partial charge in [0.15, 0.2) is 0 Å². The number of nitrogens with two attached hydrogens (primary N) is 1. The summed E-state index contributed by atoms with van der Waals surface area (Å²) in [6, 6.07) is 11.2. The SMILES string of the molecule is N#Cc1cc(Cl)c(-c2cccc3c2O[C@@H](CN)CC3)c(Cl)c1. The van der Waals surface area contributed by atoms with Crippen LogP contribution in [0.5, 0.6) is 5.75 Å². The number of fused-ring (bicyclic) bond motifs is 1. The maximum atomic E-state index is 9.00. The Bertz CT molecular complexity index is 745. The van der Waals surface area contributed by atoms with Gasteiger partial charge >= 0.3 is 0 Å². The first-order chi connectivity index (χ1) is 10.6. The lowest BCUT2D eigenvalue weighted by Crippen LogP contribution is -2.30. The first-order valence-electron chi connectivity index (χ1n) is 7.02. The summed E-state index contributed by atoms with van der Waals surface area (Å²) in [6.45, 7) is 0.475. The summed E-state index contributed by atoms with van der Waals surface area (Å²) in [7, 11) is 0. The van der Waals surface area contributed by atoms with E-state index in [0.717, 1.165) is 29.7 Å². The molecule has 22 heavy (non-hydrogen) atoms. The monoisotopic (exact) mass is 332 g/mol. The van der Waals surface area contributed by atoms with E-state index < -0.39 is 0 Å². The molecule has 1 aliphatic rings. The van der Waals surface area contributed by atoms with Gasteiger partial charge in [-0.05, 0) is 30.5 Å². The first-order valence-corrected chi connectivity index (χ1v) is 7.77. The van der Waals surface area contributed by atoms with Gasteiger partial charge in [-0.3, -0.25) is 0 Å². The van der Waals surface area contributed by atoms with Crippen LogP contribution in [0.1, 0.15) is 17.5 Å². The van der Waals surface area contributed by atoms with E-state index in [1.54, 1.807) is 12.1 Å². The average Bonchev–Trinajstić information content (AvgIpc) is 2.53. The van der Waals surface area contributed by atoms with Gasteiger partial charge in [-0.15, -0.1) is 0 Å². The van der Waals surface area contributed by atoms with Crippen LogP contribution >= 0.6 is 23.2 Å². The Labute approximate surface area is 139 Å². The van der Waals surface area contributed by atoms with Crippen molar-refractivity contribution < 1.29 is 4.74 Å². The van der Waals surface area contributed by atoms with Crippen LogP contribution in [0.2, 0.25) is 10.0 Å². The highest BCUT2D eigenvalue weighted by Gasteiger charge is 2.23. The molecule has 0 radical (unpaired) electrons. The molecule has 0 fully saturated rings. The number of aryl methyl sites for hydroxylation is 1. The lowest BCUT2D eigenvalue weighted by atomic mass is 9.95. The molecule has 112 valence electrons. The van der Waals surface area contributed by atoms with Crippen molar-refractivity contribution in [3.63, 3.8) is 0 Å². The third kappa shape index (κ3) is 2.66. The number of para-hydroxylation sites is 1. The Morgan fingerprint density at radius 2 is 2.00 bits per heavy atom. The maximum absolute atomic E-state index is 9.00. The van der Waals surface area contributed by atoms with Crippen molar-refractivity contribution in [3.8, 4) is 22.9 Å². The van der Waals surface area contributed by atoms with Gasteiger partial charge in [-0.1, -0.05) is 41.4 Å². The third-order valence-electron chi connectivity index (χ3n) is 3.82. The second kappa shape index (κ2) is 6.18. The highest BCUT2D eigenvalue weighted by atomic mass is 35.5. The van der Waals surface area contributed by atoms with Gasteiger partial charge in [-0.2, -0.15) is 5.26 Å². The Kier molecular flexibility index (Phi) is 4.26. The predicted octanol–water partition coefficient (Wildman–Crippen LogP) is 4.18. The van der Waals surface area contributed by atoms with E-state index in [2.05, 4.69) is 0 Å².